The second-order valence-electron chi connectivity index (χ2n) is 4.71. The molecule has 0 spiro atoms. The van der Waals surface area contributed by atoms with E-state index in [4.69, 9.17) is 0 Å². The van der Waals surface area contributed by atoms with Gasteiger partial charge in [0.25, 0.3) is 0 Å². The number of carbonyl (C=O) groups excluding carboxylic acids is 1. The number of para-hydroxylation sites is 1. The van der Waals surface area contributed by atoms with Gasteiger partial charge in [0.2, 0.25) is 0 Å². The first kappa shape index (κ1) is 9.70. The number of hydrogen-bond acceptors (Lipinski definition) is 1. The van der Waals surface area contributed by atoms with Gasteiger partial charge in [-0.25, -0.2) is 4.79 Å². The molecule has 2 amide bonds. The van der Waals surface area contributed by atoms with Crippen LogP contribution in [-0.4, -0.2) is 24.0 Å². The van der Waals surface area contributed by atoms with E-state index in [-0.39, 0.29) is 12.1 Å². The average molecular weight is 216 g/mol. The quantitative estimate of drug-likeness (QED) is 0.708. The summed E-state index contributed by atoms with van der Waals surface area (Å²) in [7, 11) is 1.86. The molecule has 0 saturated heterocycles. The molecule has 3 rings (SSSR count). The van der Waals surface area contributed by atoms with E-state index >= 15 is 0 Å². The Kier molecular flexibility index (Phi) is 1.96. The van der Waals surface area contributed by atoms with Gasteiger partial charge in [-0.3, -0.25) is 4.90 Å². The van der Waals surface area contributed by atoms with E-state index in [2.05, 4.69) is 13.0 Å². The fraction of sp³-hybridized carbons (Fsp3) is 0.462. The van der Waals surface area contributed by atoms with Crippen LogP contribution in [-0.2, 0) is 0 Å². The third-order valence-corrected chi connectivity index (χ3v) is 3.61. The SMILES string of the molecule is CC1c2ccccc2N(C)C(=O)N1C1CC1. The van der Waals surface area contributed by atoms with Crippen LogP contribution >= 0.6 is 0 Å². The summed E-state index contributed by atoms with van der Waals surface area (Å²) in [5.74, 6) is 0. The molecule has 16 heavy (non-hydrogen) atoms. The predicted octanol–water partition coefficient (Wildman–Crippen LogP) is 2.78. The topological polar surface area (TPSA) is 23.6 Å². The van der Waals surface area contributed by atoms with Crippen LogP contribution in [0.3, 0.4) is 0 Å². The van der Waals surface area contributed by atoms with Crippen molar-refractivity contribution in [3.63, 3.8) is 0 Å². The summed E-state index contributed by atoms with van der Waals surface area (Å²) < 4.78 is 0. The van der Waals surface area contributed by atoms with Gasteiger partial charge in [0.15, 0.2) is 0 Å². The third kappa shape index (κ3) is 1.24. The van der Waals surface area contributed by atoms with Crippen LogP contribution in [0.5, 0.6) is 0 Å². The number of urea groups is 1. The molecule has 84 valence electrons. The molecule has 0 N–H and O–H groups in total. The van der Waals surface area contributed by atoms with Crippen molar-refractivity contribution >= 4 is 11.7 Å². The van der Waals surface area contributed by atoms with E-state index in [1.165, 1.54) is 5.56 Å². The van der Waals surface area contributed by atoms with Gasteiger partial charge in [0, 0.05) is 13.1 Å². The number of nitrogens with zero attached hydrogens (tertiary/aromatic N) is 2. The fourth-order valence-electron chi connectivity index (χ4n) is 2.56. The number of amides is 2. The largest absolute Gasteiger partial charge is 0.324 e. The maximum atomic E-state index is 12.2. The number of fused-ring (bicyclic) bond motifs is 1. The monoisotopic (exact) mass is 216 g/mol. The van der Waals surface area contributed by atoms with Crippen LogP contribution in [0, 0.1) is 0 Å². The van der Waals surface area contributed by atoms with Crippen molar-refractivity contribution in [2.45, 2.75) is 31.8 Å². The molecule has 1 saturated carbocycles. The smallest absolute Gasteiger partial charge is 0.315 e. The van der Waals surface area contributed by atoms with Crippen molar-refractivity contribution < 1.29 is 4.79 Å². The van der Waals surface area contributed by atoms with Crippen LogP contribution < -0.4 is 4.90 Å². The first-order chi connectivity index (χ1) is 7.70. The molecule has 1 fully saturated rings. The van der Waals surface area contributed by atoms with Gasteiger partial charge in [-0.2, -0.15) is 0 Å². The van der Waals surface area contributed by atoms with Gasteiger partial charge in [-0.15, -0.1) is 0 Å². The Labute approximate surface area is 95.7 Å². The van der Waals surface area contributed by atoms with Gasteiger partial charge in [-0.1, -0.05) is 18.2 Å². The average Bonchev–Trinajstić information content (AvgIpc) is 3.11. The van der Waals surface area contributed by atoms with E-state index in [1.807, 2.05) is 30.1 Å². The standard InChI is InChI=1S/C13H16N2O/c1-9-11-5-3-4-6-12(11)14(2)13(16)15(9)10-7-8-10/h3-6,9-10H,7-8H2,1-2H3. The second kappa shape index (κ2) is 3.24. The molecule has 3 nitrogen and oxygen atoms in total. The summed E-state index contributed by atoms with van der Waals surface area (Å²) in [5, 5.41) is 0. The molecule has 1 aliphatic carbocycles. The van der Waals surface area contributed by atoms with Crippen molar-refractivity contribution in [1.82, 2.24) is 4.90 Å². The zero-order valence-corrected chi connectivity index (χ0v) is 9.68. The minimum absolute atomic E-state index is 0.147. The van der Waals surface area contributed by atoms with Crippen LogP contribution in [0.15, 0.2) is 24.3 Å². The molecule has 1 aliphatic heterocycles. The molecular weight excluding hydrogens is 200 g/mol. The van der Waals surface area contributed by atoms with Crippen LogP contribution in [0.1, 0.15) is 31.4 Å². The van der Waals surface area contributed by atoms with Gasteiger partial charge in [0.05, 0.1) is 11.7 Å². The van der Waals surface area contributed by atoms with Crippen molar-refractivity contribution in [3.8, 4) is 0 Å². The first-order valence-corrected chi connectivity index (χ1v) is 5.85. The van der Waals surface area contributed by atoms with E-state index in [9.17, 15) is 4.79 Å². The molecule has 0 bridgehead atoms. The number of benzene rings is 1. The molecule has 1 aromatic rings. The third-order valence-electron chi connectivity index (χ3n) is 3.61. The Morgan fingerprint density at radius 3 is 2.62 bits per heavy atom. The number of carbonyl (C=O) groups is 1. The van der Waals surface area contributed by atoms with Gasteiger partial charge in [0.1, 0.15) is 0 Å². The predicted molar refractivity (Wildman–Crippen MR) is 63.5 cm³/mol. The lowest BCUT2D eigenvalue weighted by atomic mass is 10.0. The van der Waals surface area contributed by atoms with E-state index in [0.717, 1.165) is 18.5 Å². The zero-order chi connectivity index (χ0) is 11.3. The van der Waals surface area contributed by atoms with Crippen molar-refractivity contribution in [2.24, 2.45) is 0 Å². The number of hydrogen-bond donors (Lipinski definition) is 0. The van der Waals surface area contributed by atoms with E-state index in [1.54, 1.807) is 4.90 Å². The Balaban J connectivity index is 2.08. The summed E-state index contributed by atoms with van der Waals surface area (Å²) in [6.07, 6.45) is 2.32. The van der Waals surface area contributed by atoms with Gasteiger partial charge >= 0.3 is 6.03 Å². The van der Waals surface area contributed by atoms with Crippen LogP contribution in [0.25, 0.3) is 0 Å². The van der Waals surface area contributed by atoms with Crippen molar-refractivity contribution in [1.29, 1.82) is 0 Å². The molecule has 0 aromatic heterocycles. The highest BCUT2D eigenvalue weighted by atomic mass is 16.2. The summed E-state index contributed by atoms with van der Waals surface area (Å²) in [6.45, 7) is 2.13. The van der Waals surface area contributed by atoms with Gasteiger partial charge < -0.3 is 4.90 Å². The highest BCUT2D eigenvalue weighted by molar-refractivity contribution is 5.95. The second-order valence-corrected chi connectivity index (χ2v) is 4.71. The van der Waals surface area contributed by atoms with E-state index in [0.29, 0.717) is 6.04 Å². The van der Waals surface area contributed by atoms with Crippen molar-refractivity contribution in [2.75, 3.05) is 11.9 Å². The van der Waals surface area contributed by atoms with Gasteiger partial charge in [-0.05, 0) is 31.4 Å². The normalized spacial score (nSPS) is 24.6. The highest BCUT2D eigenvalue weighted by Crippen LogP contribution is 2.41. The van der Waals surface area contributed by atoms with Crippen LogP contribution in [0.4, 0.5) is 10.5 Å². The molecule has 1 heterocycles. The molecule has 1 atom stereocenters. The molecule has 0 radical (unpaired) electrons. The minimum atomic E-state index is 0.147. The molecular formula is C13H16N2O. The Morgan fingerprint density at radius 1 is 1.25 bits per heavy atom. The summed E-state index contributed by atoms with van der Waals surface area (Å²) >= 11 is 0. The Morgan fingerprint density at radius 2 is 1.94 bits per heavy atom. The maximum Gasteiger partial charge on any atom is 0.324 e. The summed E-state index contributed by atoms with van der Waals surface area (Å²) in [6, 6.07) is 9.01. The lowest BCUT2D eigenvalue weighted by Crippen LogP contribution is -2.48. The molecule has 1 aromatic carbocycles. The molecule has 1 unspecified atom stereocenters. The number of rotatable bonds is 1. The first-order valence-electron chi connectivity index (χ1n) is 5.85. The number of anilines is 1. The Hall–Kier alpha value is -1.51. The van der Waals surface area contributed by atoms with E-state index < -0.39 is 0 Å². The Bertz CT molecular complexity index is 439. The van der Waals surface area contributed by atoms with Crippen molar-refractivity contribution in [3.05, 3.63) is 29.8 Å². The lowest BCUT2D eigenvalue weighted by Gasteiger charge is -2.40. The molecule has 3 heteroatoms. The highest BCUT2D eigenvalue weighted by Gasteiger charge is 2.41. The zero-order valence-electron chi connectivity index (χ0n) is 9.68. The summed E-state index contributed by atoms with van der Waals surface area (Å²) in [4.78, 5) is 16.0. The molecule has 2 aliphatic rings. The minimum Gasteiger partial charge on any atom is -0.315 e. The van der Waals surface area contributed by atoms with Crippen LogP contribution in [0.2, 0.25) is 0 Å². The fourth-order valence-corrected chi connectivity index (χ4v) is 2.56. The maximum absolute atomic E-state index is 12.2. The summed E-state index contributed by atoms with van der Waals surface area (Å²) in [5.41, 5.74) is 2.31. The lowest BCUT2D eigenvalue weighted by molar-refractivity contribution is 0.178.